The Balaban J connectivity index is 3.18. The molecule has 0 spiro atoms. The van der Waals surface area contributed by atoms with Crippen molar-refractivity contribution < 1.29 is 14.3 Å². The number of ether oxygens (including phenoxy) is 1. The molecule has 1 N–H and O–H groups in total. The third kappa shape index (κ3) is 18.9. The van der Waals surface area contributed by atoms with E-state index in [0.29, 0.717) is 12.8 Å². The number of hydrogen-bond donors (Lipinski definition) is 1. The lowest BCUT2D eigenvalue weighted by atomic mass is 10.1. The second-order valence-corrected chi connectivity index (χ2v) is 6.66. The van der Waals surface area contributed by atoms with Gasteiger partial charge >= 0.3 is 5.97 Å². The van der Waals surface area contributed by atoms with E-state index in [9.17, 15) is 9.59 Å². The molecule has 4 heteroatoms. The monoisotopic (exact) mass is 353 g/mol. The molecular formula is C21H39NO3. The molecule has 1 amide bonds. The molecule has 0 bridgehead atoms. The first-order chi connectivity index (χ1) is 12.2. The second kappa shape index (κ2) is 19.0. The standard InChI is InChI=1S/C21H39NO3/c1-3-17-20(23)22-19-16-14-12-10-8-6-4-5-7-9-11-13-15-18-21(24)25-2/h8,10H,3-7,9,11-19H2,1-2H3,(H,22,23). The average molecular weight is 354 g/mol. The van der Waals surface area contributed by atoms with Crippen LogP contribution in [0.1, 0.15) is 96.8 Å². The average Bonchev–Trinajstić information content (AvgIpc) is 2.61. The second-order valence-electron chi connectivity index (χ2n) is 6.66. The Hall–Kier alpha value is -1.32. The van der Waals surface area contributed by atoms with Crippen LogP contribution < -0.4 is 5.32 Å². The van der Waals surface area contributed by atoms with E-state index in [2.05, 4.69) is 22.2 Å². The molecule has 0 atom stereocenters. The third-order valence-electron chi connectivity index (χ3n) is 4.24. The number of allylic oxidation sites excluding steroid dienone is 2. The maximum atomic E-state index is 11.3. The van der Waals surface area contributed by atoms with Crippen LogP contribution >= 0.6 is 0 Å². The summed E-state index contributed by atoms with van der Waals surface area (Å²) in [6.45, 7) is 2.84. The van der Waals surface area contributed by atoms with Gasteiger partial charge in [0, 0.05) is 19.4 Å². The Bertz CT molecular complexity index is 353. The van der Waals surface area contributed by atoms with Gasteiger partial charge in [0.05, 0.1) is 7.11 Å². The maximum absolute atomic E-state index is 11.3. The minimum absolute atomic E-state index is 0.0898. The maximum Gasteiger partial charge on any atom is 0.305 e. The molecule has 0 aliphatic rings. The van der Waals surface area contributed by atoms with Gasteiger partial charge in [0.2, 0.25) is 5.91 Å². The molecule has 4 nitrogen and oxygen atoms in total. The van der Waals surface area contributed by atoms with Crippen LogP contribution in [0, 0.1) is 0 Å². The van der Waals surface area contributed by atoms with E-state index in [1.165, 1.54) is 45.6 Å². The Morgan fingerprint density at radius 1 is 0.800 bits per heavy atom. The van der Waals surface area contributed by atoms with Crippen molar-refractivity contribution >= 4 is 11.9 Å². The molecule has 0 aromatic carbocycles. The number of nitrogens with one attached hydrogen (secondary N) is 1. The first kappa shape index (κ1) is 23.7. The van der Waals surface area contributed by atoms with Crippen molar-refractivity contribution in [2.24, 2.45) is 0 Å². The Morgan fingerprint density at radius 3 is 1.96 bits per heavy atom. The first-order valence-corrected chi connectivity index (χ1v) is 10.2. The van der Waals surface area contributed by atoms with Crippen molar-refractivity contribution in [3.05, 3.63) is 12.2 Å². The van der Waals surface area contributed by atoms with Crippen LogP contribution in [-0.2, 0) is 14.3 Å². The summed E-state index contributed by atoms with van der Waals surface area (Å²) in [5.41, 5.74) is 0. The molecule has 0 unspecified atom stereocenters. The Kier molecular flexibility index (Phi) is 18.0. The molecule has 0 aliphatic heterocycles. The summed E-state index contributed by atoms with van der Waals surface area (Å²) in [4.78, 5) is 22.2. The van der Waals surface area contributed by atoms with Crippen molar-refractivity contribution in [1.82, 2.24) is 5.32 Å². The van der Waals surface area contributed by atoms with E-state index < -0.39 is 0 Å². The fourth-order valence-corrected chi connectivity index (χ4v) is 2.68. The minimum Gasteiger partial charge on any atom is -0.469 e. The van der Waals surface area contributed by atoms with Gasteiger partial charge in [0.1, 0.15) is 0 Å². The van der Waals surface area contributed by atoms with E-state index in [4.69, 9.17) is 0 Å². The highest BCUT2D eigenvalue weighted by Gasteiger charge is 1.99. The fraction of sp³-hybridized carbons (Fsp3) is 0.810. The lowest BCUT2D eigenvalue weighted by Gasteiger charge is -2.02. The third-order valence-corrected chi connectivity index (χ3v) is 4.24. The smallest absolute Gasteiger partial charge is 0.305 e. The van der Waals surface area contributed by atoms with E-state index in [1.54, 1.807) is 0 Å². The molecule has 0 aliphatic carbocycles. The van der Waals surface area contributed by atoms with Crippen LogP contribution in [-0.4, -0.2) is 25.5 Å². The van der Waals surface area contributed by atoms with Gasteiger partial charge in [-0.15, -0.1) is 0 Å². The fourth-order valence-electron chi connectivity index (χ4n) is 2.68. The molecule has 0 aromatic heterocycles. The van der Waals surface area contributed by atoms with Gasteiger partial charge in [0.25, 0.3) is 0 Å². The quantitative estimate of drug-likeness (QED) is 0.219. The van der Waals surface area contributed by atoms with Crippen LogP contribution in [0.15, 0.2) is 12.2 Å². The number of hydrogen-bond acceptors (Lipinski definition) is 3. The van der Waals surface area contributed by atoms with Crippen molar-refractivity contribution in [1.29, 1.82) is 0 Å². The lowest BCUT2D eigenvalue weighted by Crippen LogP contribution is -2.23. The molecule has 0 saturated carbocycles. The van der Waals surface area contributed by atoms with Crippen LogP contribution in [0.4, 0.5) is 0 Å². The normalized spacial score (nSPS) is 11.0. The van der Waals surface area contributed by atoms with Gasteiger partial charge in [0.15, 0.2) is 0 Å². The largest absolute Gasteiger partial charge is 0.469 e. The highest BCUT2D eigenvalue weighted by molar-refractivity contribution is 5.75. The molecule has 0 rings (SSSR count). The van der Waals surface area contributed by atoms with Gasteiger partial charge in [-0.05, 0) is 44.9 Å². The Morgan fingerprint density at radius 2 is 1.36 bits per heavy atom. The van der Waals surface area contributed by atoms with Crippen LogP contribution in [0.3, 0.4) is 0 Å². The molecule has 25 heavy (non-hydrogen) atoms. The van der Waals surface area contributed by atoms with Gasteiger partial charge in [-0.2, -0.15) is 0 Å². The topological polar surface area (TPSA) is 55.4 Å². The van der Waals surface area contributed by atoms with Crippen molar-refractivity contribution in [3.8, 4) is 0 Å². The molecule has 0 radical (unpaired) electrons. The minimum atomic E-state index is -0.0898. The molecule has 146 valence electrons. The number of rotatable bonds is 17. The zero-order valence-corrected chi connectivity index (χ0v) is 16.5. The van der Waals surface area contributed by atoms with Gasteiger partial charge in [-0.1, -0.05) is 51.2 Å². The molecule has 0 saturated heterocycles. The summed E-state index contributed by atoms with van der Waals surface area (Å²) in [6, 6.07) is 0. The predicted octanol–water partition coefficient (Wildman–Crippen LogP) is 5.31. The molecular weight excluding hydrogens is 314 g/mol. The Labute approximate surface area is 154 Å². The molecule has 0 fully saturated rings. The van der Waals surface area contributed by atoms with E-state index in [-0.39, 0.29) is 11.9 Å². The number of esters is 1. The molecule has 0 heterocycles. The van der Waals surface area contributed by atoms with Crippen LogP contribution in [0.2, 0.25) is 0 Å². The van der Waals surface area contributed by atoms with Crippen molar-refractivity contribution in [2.75, 3.05) is 13.7 Å². The van der Waals surface area contributed by atoms with E-state index >= 15 is 0 Å². The molecule has 0 aromatic rings. The SMILES string of the molecule is CCCC(=O)NCCCCC=CCCCCCCCCCC(=O)OC. The summed E-state index contributed by atoms with van der Waals surface area (Å²) in [6.07, 6.45) is 19.7. The highest BCUT2D eigenvalue weighted by atomic mass is 16.5. The highest BCUT2D eigenvalue weighted by Crippen LogP contribution is 2.10. The zero-order valence-electron chi connectivity index (χ0n) is 16.5. The lowest BCUT2D eigenvalue weighted by molar-refractivity contribution is -0.140. The summed E-state index contributed by atoms with van der Waals surface area (Å²) in [5, 5.41) is 2.95. The van der Waals surface area contributed by atoms with Gasteiger partial charge in [-0.3, -0.25) is 9.59 Å². The number of amides is 1. The summed E-state index contributed by atoms with van der Waals surface area (Å²) in [5.74, 6) is 0.0922. The van der Waals surface area contributed by atoms with Crippen molar-refractivity contribution in [3.63, 3.8) is 0 Å². The van der Waals surface area contributed by atoms with E-state index in [0.717, 1.165) is 45.1 Å². The van der Waals surface area contributed by atoms with Gasteiger partial charge in [-0.25, -0.2) is 0 Å². The zero-order chi connectivity index (χ0) is 18.6. The summed E-state index contributed by atoms with van der Waals surface area (Å²) in [7, 11) is 1.45. The summed E-state index contributed by atoms with van der Waals surface area (Å²) < 4.78 is 4.63. The summed E-state index contributed by atoms with van der Waals surface area (Å²) >= 11 is 0. The number of unbranched alkanes of at least 4 members (excludes halogenated alkanes) is 9. The predicted molar refractivity (Wildman–Crippen MR) is 104 cm³/mol. The number of carbonyl (C=O) groups excluding carboxylic acids is 2. The number of carbonyl (C=O) groups is 2. The van der Waals surface area contributed by atoms with Gasteiger partial charge < -0.3 is 10.1 Å². The van der Waals surface area contributed by atoms with Crippen LogP contribution in [0.5, 0.6) is 0 Å². The van der Waals surface area contributed by atoms with Crippen LogP contribution in [0.25, 0.3) is 0 Å². The first-order valence-electron chi connectivity index (χ1n) is 10.2. The van der Waals surface area contributed by atoms with Crippen molar-refractivity contribution in [2.45, 2.75) is 96.8 Å². The van der Waals surface area contributed by atoms with E-state index in [1.807, 2.05) is 6.92 Å². The number of methoxy groups -OCH3 is 1.